The van der Waals surface area contributed by atoms with Crippen molar-refractivity contribution < 1.29 is 9.13 Å². The van der Waals surface area contributed by atoms with Crippen molar-refractivity contribution in [3.8, 4) is 11.5 Å². The van der Waals surface area contributed by atoms with Crippen molar-refractivity contribution in [2.24, 2.45) is 0 Å². The third kappa shape index (κ3) is 3.77. The zero-order valence-electron chi connectivity index (χ0n) is 10.1. The molecule has 2 nitrogen and oxygen atoms in total. The molecule has 0 radical (unpaired) electrons. The molecule has 0 saturated heterocycles. The summed E-state index contributed by atoms with van der Waals surface area (Å²) in [5.74, 6) is 1.60. The molecule has 0 unspecified atom stereocenters. The standard InChI is InChI=1S/C15H16FNO/c16-11-4-12-17-13-7-9-15(10-8-13)18-14-5-2-1-3-6-14/h1-3,5-10,17H,4,11-12H2. The first-order chi connectivity index (χ1) is 8.88. The molecule has 18 heavy (non-hydrogen) atoms. The van der Waals surface area contributed by atoms with Crippen LogP contribution < -0.4 is 10.1 Å². The molecule has 0 saturated carbocycles. The van der Waals surface area contributed by atoms with Crippen molar-refractivity contribution in [3.05, 3.63) is 54.6 Å². The number of hydrogen-bond acceptors (Lipinski definition) is 2. The van der Waals surface area contributed by atoms with Crippen molar-refractivity contribution in [3.63, 3.8) is 0 Å². The van der Waals surface area contributed by atoms with Gasteiger partial charge in [-0.2, -0.15) is 0 Å². The lowest BCUT2D eigenvalue weighted by Crippen LogP contribution is -2.01. The fourth-order valence-corrected chi connectivity index (χ4v) is 1.56. The zero-order chi connectivity index (χ0) is 12.6. The predicted molar refractivity (Wildman–Crippen MR) is 72.0 cm³/mol. The molecule has 2 aromatic carbocycles. The monoisotopic (exact) mass is 245 g/mol. The van der Waals surface area contributed by atoms with Crippen molar-refractivity contribution in [2.75, 3.05) is 18.5 Å². The molecule has 0 aliphatic rings. The molecule has 2 aromatic rings. The molecule has 0 fully saturated rings. The van der Waals surface area contributed by atoms with Gasteiger partial charge in [-0.15, -0.1) is 0 Å². The van der Waals surface area contributed by atoms with Gasteiger partial charge in [-0.25, -0.2) is 0 Å². The van der Waals surface area contributed by atoms with Crippen molar-refractivity contribution in [2.45, 2.75) is 6.42 Å². The smallest absolute Gasteiger partial charge is 0.127 e. The molecule has 94 valence electrons. The SMILES string of the molecule is FCCCNc1ccc(Oc2ccccc2)cc1. The number of para-hydroxylation sites is 1. The molecule has 0 bridgehead atoms. The average molecular weight is 245 g/mol. The van der Waals surface area contributed by atoms with E-state index in [4.69, 9.17) is 4.74 Å². The van der Waals surface area contributed by atoms with Crippen LogP contribution in [0.2, 0.25) is 0 Å². The minimum Gasteiger partial charge on any atom is -0.457 e. The van der Waals surface area contributed by atoms with Gasteiger partial charge in [-0.05, 0) is 42.8 Å². The van der Waals surface area contributed by atoms with E-state index in [1.807, 2.05) is 54.6 Å². The number of nitrogens with one attached hydrogen (secondary N) is 1. The van der Waals surface area contributed by atoms with E-state index in [0.717, 1.165) is 17.2 Å². The summed E-state index contributed by atoms with van der Waals surface area (Å²) in [6, 6.07) is 17.3. The van der Waals surface area contributed by atoms with Crippen LogP contribution in [0.5, 0.6) is 11.5 Å². The third-order valence-corrected chi connectivity index (χ3v) is 2.47. The van der Waals surface area contributed by atoms with Gasteiger partial charge in [0, 0.05) is 12.2 Å². The molecule has 0 aliphatic heterocycles. The second-order valence-electron chi connectivity index (χ2n) is 3.91. The lowest BCUT2D eigenvalue weighted by atomic mass is 10.3. The Kier molecular flexibility index (Phi) is 4.59. The molecular formula is C15H16FNO. The molecule has 0 heterocycles. The summed E-state index contributed by atoms with van der Waals surface area (Å²) in [5.41, 5.74) is 0.976. The summed E-state index contributed by atoms with van der Waals surface area (Å²) in [4.78, 5) is 0. The minimum absolute atomic E-state index is 0.289. The minimum atomic E-state index is -0.289. The number of rotatable bonds is 6. The van der Waals surface area contributed by atoms with Crippen molar-refractivity contribution >= 4 is 5.69 Å². The molecular weight excluding hydrogens is 229 g/mol. The van der Waals surface area contributed by atoms with Gasteiger partial charge >= 0.3 is 0 Å². The summed E-state index contributed by atoms with van der Waals surface area (Å²) >= 11 is 0. The van der Waals surface area contributed by atoms with Gasteiger partial charge in [0.1, 0.15) is 11.5 Å². The Morgan fingerprint density at radius 1 is 0.889 bits per heavy atom. The second-order valence-corrected chi connectivity index (χ2v) is 3.91. The van der Waals surface area contributed by atoms with Crippen LogP contribution in [-0.4, -0.2) is 13.2 Å². The third-order valence-electron chi connectivity index (χ3n) is 2.47. The molecule has 1 N–H and O–H groups in total. The van der Waals surface area contributed by atoms with Crippen LogP contribution in [0, 0.1) is 0 Å². The lowest BCUT2D eigenvalue weighted by Gasteiger charge is -2.08. The van der Waals surface area contributed by atoms with Crippen LogP contribution in [0.3, 0.4) is 0 Å². The first kappa shape index (κ1) is 12.4. The maximum atomic E-state index is 11.9. The first-order valence-corrected chi connectivity index (χ1v) is 6.01. The maximum absolute atomic E-state index is 11.9. The fraction of sp³-hybridized carbons (Fsp3) is 0.200. The molecule has 0 atom stereocenters. The van der Waals surface area contributed by atoms with Crippen LogP contribution >= 0.6 is 0 Å². The number of alkyl halides is 1. The zero-order valence-corrected chi connectivity index (χ0v) is 10.1. The van der Waals surface area contributed by atoms with E-state index in [1.54, 1.807) is 0 Å². The van der Waals surface area contributed by atoms with Gasteiger partial charge in [-0.1, -0.05) is 18.2 Å². The Morgan fingerprint density at radius 2 is 1.56 bits per heavy atom. The number of benzene rings is 2. The predicted octanol–water partition coefficient (Wildman–Crippen LogP) is 4.25. The Balaban J connectivity index is 1.91. The van der Waals surface area contributed by atoms with Crippen molar-refractivity contribution in [1.29, 1.82) is 0 Å². The second kappa shape index (κ2) is 6.64. The summed E-state index contributed by atoms with van der Waals surface area (Å²) in [6.45, 7) is 0.359. The fourth-order valence-electron chi connectivity index (χ4n) is 1.56. The molecule has 2 rings (SSSR count). The maximum Gasteiger partial charge on any atom is 0.127 e. The van der Waals surface area contributed by atoms with E-state index < -0.39 is 0 Å². The molecule has 0 aromatic heterocycles. The topological polar surface area (TPSA) is 21.3 Å². The number of halogens is 1. The summed E-state index contributed by atoms with van der Waals surface area (Å²) in [6.07, 6.45) is 0.530. The summed E-state index contributed by atoms with van der Waals surface area (Å²) in [5, 5.41) is 3.14. The van der Waals surface area contributed by atoms with Gasteiger partial charge < -0.3 is 10.1 Å². The summed E-state index contributed by atoms with van der Waals surface area (Å²) < 4.78 is 17.6. The number of ether oxygens (including phenoxy) is 1. The highest BCUT2D eigenvalue weighted by molar-refractivity contribution is 5.47. The largest absolute Gasteiger partial charge is 0.457 e. The van der Waals surface area contributed by atoms with Gasteiger partial charge in [0.15, 0.2) is 0 Å². The highest BCUT2D eigenvalue weighted by atomic mass is 19.1. The highest BCUT2D eigenvalue weighted by Crippen LogP contribution is 2.22. The Labute approximate surface area is 106 Å². The van der Waals surface area contributed by atoms with Crippen LogP contribution in [0.25, 0.3) is 0 Å². The molecule has 0 spiro atoms. The van der Waals surface area contributed by atoms with Crippen LogP contribution in [0.4, 0.5) is 10.1 Å². The van der Waals surface area contributed by atoms with Crippen LogP contribution in [-0.2, 0) is 0 Å². The summed E-state index contributed by atoms with van der Waals surface area (Å²) in [7, 11) is 0. The molecule has 3 heteroatoms. The van der Waals surface area contributed by atoms with E-state index in [9.17, 15) is 4.39 Å². The normalized spacial score (nSPS) is 10.1. The Bertz CT molecular complexity index is 456. The Morgan fingerprint density at radius 3 is 2.22 bits per heavy atom. The Hall–Kier alpha value is -2.03. The van der Waals surface area contributed by atoms with E-state index in [0.29, 0.717) is 13.0 Å². The lowest BCUT2D eigenvalue weighted by molar-refractivity contribution is 0.480. The van der Waals surface area contributed by atoms with E-state index in [1.165, 1.54) is 0 Å². The van der Waals surface area contributed by atoms with E-state index >= 15 is 0 Å². The van der Waals surface area contributed by atoms with Crippen LogP contribution in [0.15, 0.2) is 54.6 Å². The average Bonchev–Trinajstić information content (AvgIpc) is 2.42. The molecule has 0 amide bonds. The number of anilines is 1. The van der Waals surface area contributed by atoms with Gasteiger partial charge in [-0.3, -0.25) is 4.39 Å². The van der Waals surface area contributed by atoms with Gasteiger partial charge in [0.2, 0.25) is 0 Å². The van der Waals surface area contributed by atoms with Crippen LogP contribution in [0.1, 0.15) is 6.42 Å². The van der Waals surface area contributed by atoms with E-state index in [2.05, 4.69) is 5.32 Å². The highest BCUT2D eigenvalue weighted by Gasteiger charge is 1.97. The van der Waals surface area contributed by atoms with Crippen molar-refractivity contribution in [1.82, 2.24) is 0 Å². The van der Waals surface area contributed by atoms with Gasteiger partial charge in [0.05, 0.1) is 6.67 Å². The first-order valence-electron chi connectivity index (χ1n) is 6.01. The van der Waals surface area contributed by atoms with E-state index in [-0.39, 0.29) is 6.67 Å². The van der Waals surface area contributed by atoms with Gasteiger partial charge in [0.25, 0.3) is 0 Å². The number of hydrogen-bond donors (Lipinski definition) is 1. The molecule has 0 aliphatic carbocycles. The quantitative estimate of drug-likeness (QED) is 0.768.